The summed E-state index contributed by atoms with van der Waals surface area (Å²) in [5.74, 6) is 2.04. The highest BCUT2D eigenvalue weighted by molar-refractivity contribution is 6.17. The quantitative estimate of drug-likeness (QED) is 0.173. The van der Waals surface area contributed by atoms with Gasteiger partial charge in [0.1, 0.15) is 17.0 Å². The second-order valence-electron chi connectivity index (χ2n) is 18.3. The van der Waals surface area contributed by atoms with E-state index in [9.17, 15) is 0 Å². The molecule has 1 aliphatic heterocycles. The molecule has 0 fully saturated rings. The molecular formula is C61H43N5O. The van der Waals surface area contributed by atoms with E-state index in [1.165, 1.54) is 49.0 Å². The molecule has 12 aromatic rings. The number of hydrogen-bond acceptors (Lipinski definition) is 4. The molecule has 2 atom stereocenters. The lowest BCUT2D eigenvalue weighted by molar-refractivity contribution is 0.382. The zero-order chi connectivity index (χ0) is 44.3. The first-order valence-electron chi connectivity index (χ1n) is 23.2. The van der Waals surface area contributed by atoms with Crippen molar-refractivity contribution in [2.45, 2.75) is 19.5 Å². The minimum absolute atomic E-state index is 0.492. The van der Waals surface area contributed by atoms with Gasteiger partial charge >= 0.3 is 0 Å². The maximum Gasteiger partial charge on any atom is 0.159 e. The van der Waals surface area contributed by atoms with Gasteiger partial charge in [0.15, 0.2) is 12.0 Å². The van der Waals surface area contributed by atoms with E-state index in [0.717, 1.165) is 78.8 Å². The molecule has 4 heterocycles. The van der Waals surface area contributed by atoms with Crippen molar-refractivity contribution in [3.8, 4) is 11.4 Å². The van der Waals surface area contributed by atoms with Crippen molar-refractivity contribution in [1.82, 2.24) is 14.0 Å². The molecule has 0 radical (unpaired) electrons. The van der Waals surface area contributed by atoms with Crippen LogP contribution in [0, 0.1) is 5.92 Å². The van der Waals surface area contributed by atoms with Crippen LogP contribution in [0.25, 0.3) is 93.8 Å². The molecule has 1 aliphatic carbocycles. The van der Waals surface area contributed by atoms with E-state index in [1.54, 1.807) is 0 Å². The highest BCUT2D eigenvalue weighted by Crippen LogP contribution is 2.43. The SMILES string of the molecule is CC1C=Cc2cc(C3=NC(c4cc5oc6ccccc6c5cc4-n4c5ccccc5c5cc6ccccc6cc54)N(C)C(c4ccc5c6ccccc6n(-c6ccccc6)c5c4)=N3)ccc2C1. The fraction of sp³-hybridized carbons (Fsp3) is 0.0820. The van der Waals surface area contributed by atoms with Crippen LogP contribution in [0.1, 0.15) is 40.9 Å². The van der Waals surface area contributed by atoms with Crippen LogP contribution >= 0.6 is 0 Å². The zero-order valence-electron chi connectivity index (χ0n) is 37.1. The standard InChI is InChI=1S/C61H43N5O/c1-37-24-25-41-31-42(27-26-40(41)30-37)59-62-60(43-28-29-47-45-18-8-11-21-52(45)65(54(47)34-43)44-16-4-3-5-17-44)64(2)61(63-59)51-36-58-50(48-20-10-13-23-57(48)67-58)35-56(51)66-53-22-12-9-19-46(53)49-32-38-14-6-7-15-39(38)33-55(49)66/h3-29,31-37,61H,30H2,1-2H3. The molecule has 2 unspecified atom stereocenters. The van der Waals surface area contributed by atoms with Gasteiger partial charge in [0.05, 0.1) is 27.8 Å². The van der Waals surface area contributed by atoms with Gasteiger partial charge in [-0.05, 0) is 101 Å². The Morgan fingerprint density at radius 1 is 0.522 bits per heavy atom. The molecule has 318 valence electrons. The van der Waals surface area contributed by atoms with Crippen LogP contribution in [-0.4, -0.2) is 32.8 Å². The molecule has 6 heteroatoms. The number of hydrogen-bond donors (Lipinski definition) is 0. The smallest absolute Gasteiger partial charge is 0.159 e. The molecule has 0 amide bonds. The molecule has 14 rings (SSSR count). The lowest BCUT2D eigenvalue weighted by Gasteiger charge is -2.34. The minimum atomic E-state index is -0.492. The van der Waals surface area contributed by atoms with E-state index in [0.29, 0.717) is 11.8 Å². The summed E-state index contributed by atoms with van der Waals surface area (Å²) in [7, 11) is 2.14. The fourth-order valence-corrected chi connectivity index (χ4v) is 11.0. The largest absolute Gasteiger partial charge is 0.456 e. The first kappa shape index (κ1) is 37.9. The van der Waals surface area contributed by atoms with Crippen LogP contribution in [0.3, 0.4) is 0 Å². The van der Waals surface area contributed by atoms with Crippen molar-refractivity contribution in [3.05, 3.63) is 222 Å². The molecule has 67 heavy (non-hydrogen) atoms. The Morgan fingerprint density at radius 2 is 1.19 bits per heavy atom. The van der Waals surface area contributed by atoms with Crippen molar-refractivity contribution in [2.75, 3.05) is 7.05 Å². The van der Waals surface area contributed by atoms with E-state index >= 15 is 0 Å². The fourth-order valence-electron chi connectivity index (χ4n) is 11.0. The van der Waals surface area contributed by atoms with Crippen molar-refractivity contribution >= 4 is 94.1 Å². The minimum Gasteiger partial charge on any atom is -0.456 e. The van der Waals surface area contributed by atoms with Crippen LogP contribution in [0.15, 0.2) is 209 Å². The van der Waals surface area contributed by atoms with Crippen molar-refractivity contribution < 1.29 is 4.42 Å². The molecule has 0 N–H and O–H groups in total. The number of aromatic nitrogens is 2. The van der Waals surface area contributed by atoms with Crippen molar-refractivity contribution in [3.63, 3.8) is 0 Å². The van der Waals surface area contributed by atoms with Gasteiger partial charge in [0, 0.05) is 61.7 Å². The molecule has 0 saturated carbocycles. The number of benzene rings is 9. The van der Waals surface area contributed by atoms with Gasteiger partial charge in [-0.15, -0.1) is 0 Å². The molecule has 3 aromatic heterocycles. The van der Waals surface area contributed by atoms with E-state index in [2.05, 4.69) is 222 Å². The molecule has 0 saturated heterocycles. The summed E-state index contributed by atoms with van der Waals surface area (Å²) in [5, 5.41) is 9.37. The van der Waals surface area contributed by atoms with Gasteiger partial charge in [0.2, 0.25) is 0 Å². The Balaban J connectivity index is 1.04. The van der Waals surface area contributed by atoms with Crippen LogP contribution in [0.4, 0.5) is 0 Å². The number of nitrogens with zero attached hydrogens (tertiary/aromatic N) is 5. The first-order valence-corrected chi connectivity index (χ1v) is 23.2. The molecule has 0 spiro atoms. The third kappa shape index (κ3) is 5.82. The first-order chi connectivity index (χ1) is 33.0. The van der Waals surface area contributed by atoms with Gasteiger partial charge in [-0.2, -0.15) is 0 Å². The van der Waals surface area contributed by atoms with Crippen LogP contribution in [0.2, 0.25) is 0 Å². The van der Waals surface area contributed by atoms with E-state index < -0.39 is 6.17 Å². The average Bonchev–Trinajstić information content (AvgIpc) is 4.02. The number of allylic oxidation sites excluding steroid dienone is 1. The summed E-state index contributed by atoms with van der Waals surface area (Å²) in [5.41, 5.74) is 14.0. The Bertz CT molecular complexity index is 4120. The van der Waals surface area contributed by atoms with Gasteiger partial charge in [-0.3, -0.25) is 0 Å². The molecule has 2 aliphatic rings. The number of para-hydroxylation sites is 4. The lowest BCUT2D eigenvalue weighted by Crippen LogP contribution is -2.36. The van der Waals surface area contributed by atoms with Crippen molar-refractivity contribution in [2.24, 2.45) is 15.9 Å². The summed E-state index contributed by atoms with van der Waals surface area (Å²) < 4.78 is 11.6. The van der Waals surface area contributed by atoms with E-state index in [1.807, 2.05) is 6.07 Å². The van der Waals surface area contributed by atoms with Gasteiger partial charge < -0.3 is 18.5 Å². The average molecular weight is 862 g/mol. The topological polar surface area (TPSA) is 51.0 Å². The molecule has 6 nitrogen and oxygen atoms in total. The predicted molar refractivity (Wildman–Crippen MR) is 278 cm³/mol. The maximum absolute atomic E-state index is 6.73. The Kier molecular flexibility index (Phi) is 8.20. The number of amidine groups is 2. The van der Waals surface area contributed by atoms with Crippen LogP contribution in [0.5, 0.6) is 0 Å². The number of aliphatic imine (C=N–C) groups is 2. The second-order valence-corrected chi connectivity index (χ2v) is 18.3. The molecular weight excluding hydrogens is 819 g/mol. The summed E-state index contributed by atoms with van der Waals surface area (Å²) in [6.07, 6.45) is 5.10. The summed E-state index contributed by atoms with van der Waals surface area (Å²) >= 11 is 0. The van der Waals surface area contributed by atoms with Crippen LogP contribution < -0.4 is 0 Å². The van der Waals surface area contributed by atoms with Crippen LogP contribution in [-0.2, 0) is 6.42 Å². The molecule has 9 aromatic carbocycles. The van der Waals surface area contributed by atoms with Gasteiger partial charge in [-0.1, -0.05) is 140 Å². The number of furan rings is 1. The van der Waals surface area contributed by atoms with Gasteiger partial charge in [-0.25, -0.2) is 9.98 Å². The third-order valence-corrected chi connectivity index (χ3v) is 14.2. The molecule has 0 bridgehead atoms. The van der Waals surface area contributed by atoms with Gasteiger partial charge in [0.25, 0.3) is 0 Å². The predicted octanol–water partition coefficient (Wildman–Crippen LogP) is 15.0. The van der Waals surface area contributed by atoms with Crippen molar-refractivity contribution in [1.29, 1.82) is 0 Å². The Labute approximate surface area is 386 Å². The number of fused-ring (bicyclic) bond motifs is 11. The summed E-state index contributed by atoms with van der Waals surface area (Å²) in [6, 6.07) is 68.0. The zero-order valence-corrected chi connectivity index (χ0v) is 37.1. The number of rotatable bonds is 5. The van der Waals surface area contributed by atoms with E-state index in [-0.39, 0.29) is 0 Å². The third-order valence-electron chi connectivity index (χ3n) is 14.2. The highest BCUT2D eigenvalue weighted by Gasteiger charge is 2.32. The maximum atomic E-state index is 6.73. The second kappa shape index (κ2) is 14.5. The Hall–Kier alpha value is -8.48. The summed E-state index contributed by atoms with van der Waals surface area (Å²) in [6.45, 7) is 2.28. The normalized spacial score (nSPS) is 16.2. The highest BCUT2D eigenvalue weighted by atomic mass is 16.3. The monoisotopic (exact) mass is 861 g/mol. The summed E-state index contributed by atoms with van der Waals surface area (Å²) in [4.78, 5) is 13.5. The lowest BCUT2D eigenvalue weighted by atomic mass is 9.89. The van der Waals surface area contributed by atoms with E-state index in [4.69, 9.17) is 14.4 Å². The Morgan fingerprint density at radius 3 is 2.03 bits per heavy atom.